The summed E-state index contributed by atoms with van der Waals surface area (Å²) in [5.74, 6) is -0.316. The molecule has 0 saturated carbocycles. The van der Waals surface area contributed by atoms with E-state index in [9.17, 15) is 14.4 Å². The molecular weight excluding hydrogens is 282 g/mol. The van der Waals surface area contributed by atoms with E-state index in [2.05, 4.69) is 16.0 Å². The van der Waals surface area contributed by atoms with Crippen LogP contribution in [0.2, 0.25) is 0 Å². The van der Waals surface area contributed by atoms with Crippen LogP contribution < -0.4 is 16.0 Å². The Hall–Kier alpha value is -1.44. The van der Waals surface area contributed by atoms with Crippen molar-refractivity contribution in [3.8, 4) is 0 Å². The number of carboxylic acids is 1. The molecule has 7 nitrogen and oxygen atoms in total. The number of carbonyl (C=O) groups excluding carboxylic acids is 2. The van der Waals surface area contributed by atoms with Gasteiger partial charge in [0.25, 0.3) is 0 Å². The molecule has 3 atom stereocenters. The fourth-order valence-corrected chi connectivity index (χ4v) is 4.08. The van der Waals surface area contributed by atoms with Gasteiger partial charge in [0, 0.05) is 17.4 Å². The molecule has 3 amide bonds. The highest BCUT2D eigenvalue weighted by Gasteiger charge is 2.42. The first kappa shape index (κ1) is 15.0. The molecule has 2 rings (SSSR count). The van der Waals surface area contributed by atoms with Gasteiger partial charge in [0.1, 0.15) is 6.54 Å². The summed E-state index contributed by atoms with van der Waals surface area (Å²) in [5, 5.41) is 17.0. The van der Waals surface area contributed by atoms with E-state index in [0.29, 0.717) is 11.7 Å². The number of urea groups is 1. The molecule has 2 saturated heterocycles. The van der Waals surface area contributed by atoms with E-state index in [4.69, 9.17) is 5.11 Å². The van der Waals surface area contributed by atoms with Crippen LogP contribution in [0.3, 0.4) is 0 Å². The van der Waals surface area contributed by atoms with Crippen LogP contribution in [0.4, 0.5) is 4.79 Å². The normalized spacial score (nSPS) is 27.6. The van der Waals surface area contributed by atoms with Crippen LogP contribution in [-0.2, 0) is 9.59 Å². The van der Waals surface area contributed by atoms with Gasteiger partial charge in [-0.3, -0.25) is 9.59 Å². The van der Waals surface area contributed by atoms with Crippen molar-refractivity contribution in [1.29, 1.82) is 0 Å². The number of carbonyl (C=O) groups is 3. The van der Waals surface area contributed by atoms with E-state index in [1.54, 1.807) is 0 Å². The third kappa shape index (κ3) is 4.03. The highest BCUT2D eigenvalue weighted by molar-refractivity contribution is 8.00. The van der Waals surface area contributed by atoms with Crippen LogP contribution in [-0.4, -0.2) is 52.6 Å². The fourth-order valence-electron chi connectivity index (χ4n) is 2.54. The van der Waals surface area contributed by atoms with Gasteiger partial charge in [-0.2, -0.15) is 11.8 Å². The molecule has 2 heterocycles. The summed E-state index contributed by atoms with van der Waals surface area (Å²) in [7, 11) is 0. The summed E-state index contributed by atoms with van der Waals surface area (Å²) < 4.78 is 0. The van der Waals surface area contributed by atoms with Gasteiger partial charge in [0.05, 0.1) is 12.1 Å². The van der Waals surface area contributed by atoms with E-state index in [1.807, 2.05) is 11.8 Å². The van der Waals surface area contributed by atoms with Gasteiger partial charge in [0.2, 0.25) is 5.91 Å². The van der Waals surface area contributed by atoms with Gasteiger partial charge >= 0.3 is 12.0 Å². The minimum atomic E-state index is -1.03. The SMILES string of the molecule is O=C(O)CNC(=O)CCCCC1SCC2NC(=O)NC21. The Balaban J connectivity index is 1.58. The first-order chi connectivity index (χ1) is 9.56. The van der Waals surface area contributed by atoms with E-state index in [0.717, 1.165) is 25.0 Å². The molecule has 2 fully saturated rings. The zero-order valence-corrected chi connectivity index (χ0v) is 11.9. The topological polar surface area (TPSA) is 108 Å². The van der Waals surface area contributed by atoms with Gasteiger partial charge in [-0.25, -0.2) is 4.79 Å². The summed E-state index contributed by atoms with van der Waals surface area (Å²) in [6.07, 6.45) is 2.95. The quantitative estimate of drug-likeness (QED) is 0.388. The highest BCUT2D eigenvalue weighted by atomic mass is 32.2. The summed E-state index contributed by atoms with van der Waals surface area (Å²) in [6, 6.07) is 0.350. The third-order valence-electron chi connectivity index (χ3n) is 3.52. The first-order valence-electron chi connectivity index (χ1n) is 6.73. The summed E-state index contributed by atoms with van der Waals surface area (Å²) in [5.41, 5.74) is 0. The minimum Gasteiger partial charge on any atom is -0.480 e. The minimum absolute atomic E-state index is 0.0849. The average molecular weight is 301 g/mol. The molecule has 2 aliphatic heterocycles. The van der Waals surface area contributed by atoms with Crippen molar-refractivity contribution in [1.82, 2.24) is 16.0 Å². The van der Waals surface area contributed by atoms with Crippen LogP contribution in [0.25, 0.3) is 0 Å². The number of carboxylic acid groups (broad SMARTS) is 1. The van der Waals surface area contributed by atoms with Crippen molar-refractivity contribution in [3.63, 3.8) is 0 Å². The number of thioether (sulfide) groups is 1. The molecule has 0 spiro atoms. The molecule has 3 unspecified atom stereocenters. The highest BCUT2D eigenvalue weighted by Crippen LogP contribution is 2.33. The molecule has 20 heavy (non-hydrogen) atoms. The van der Waals surface area contributed by atoms with Crippen LogP contribution in [0, 0.1) is 0 Å². The fraction of sp³-hybridized carbons (Fsp3) is 0.750. The van der Waals surface area contributed by atoms with Crippen molar-refractivity contribution in [3.05, 3.63) is 0 Å². The Morgan fingerprint density at radius 3 is 2.90 bits per heavy atom. The maximum Gasteiger partial charge on any atom is 0.322 e. The third-order valence-corrected chi connectivity index (χ3v) is 5.03. The van der Waals surface area contributed by atoms with Crippen LogP contribution in [0.15, 0.2) is 0 Å². The van der Waals surface area contributed by atoms with Crippen molar-refractivity contribution in [2.24, 2.45) is 0 Å². The second kappa shape index (κ2) is 6.83. The van der Waals surface area contributed by atoms with Crippen LogP contribution in [0.5, 0.6) is 0 Å². The lowest BCUT2D eigenvalue weighted by atomic mass is 10.0. The van der Waals surface area contributed by atoms with Gasteiger partial charge in [0.15, 0.2) is 0 Å². The number of hydrogen-bond donors (Lipinski definition) is 4. The molecule has 0 radical (unpaired) electrons. The number of aliphatic carboxylic acids is 1. The standard InChI is InChI=1S/C12H19N3O4S/c16-9(13-5-10(17)18)4-2-1-3-8-11-7(6-20-8)14-12(19)15-11/h7-8,11H,1-6H2,(H,13,16)(H,17,18)(H2,14,15,19). The predicted octanol–water partition coefficient (Wildman–Crippen LogP) is -0.0870. The van der Waals surface area contributed by atoms with Gasteiger partial charge in [-0.15, -0.1) is 0 Å². The molecule has 0 aromatic carbocycles. The number of amides is 3. The zero-order chi connectivity index (χ0) is 14.5. The number of nitrogens with one attached hydrogen (secondary N) is 3. The second-order valence-corrected chi connectivity index (χ2v) is 6.31. The molecule has 2 aliphatic rings. The van der Waals surface area contributed by atoms with Crippen molar-refractivity contribution in [2.45, 2.75) is 43.0 Å². The maximum absolute atomic E-state index is 11.3. The Kier molecular flexibility index (Phi) is 5.11. The maximum atomic E-state index is 11.3. The Labute approximate surface area is 121 Å². The molecule has 8 heteroatoms. The van der Waals surface area contributed by atoms with Crippen LogP contribution >= 0.6 is 11.8 Å². The van der Waals surface area contributed by atoms with Gasteiger partial charge in [-0.05, 0) is 12.8 Å². The molecule has 0 aromatic heterocycles. The average Bonchev–Trinajstić information content (AvgIpc) is 2.92. The molecule has 112 valence electrons. The second-order valence-electron chi connectivity index (χ2n) is 5.04. The molecular formula is C12H19N3O4S. The molecule has 0 aromatic rings. The Morgan fingerprint density at radius 2 is 2.15 bits per heavy atom. The van der Waals surface area contributed by atoms with Crippen molar-refractivity contribution in [2.75, 3.05) is 12.3 Å². The largest absolute Gasteiger partial charge is 0.480 e. The lowest BCUT2D eigenvalue weighted by Crippen LogP contribution is -2.36. The Morgan fingerprint density at radius 1 is 1.35 bits per heavy atom. The summed E-state index contributed by atoms with van der Waals surface area (Å²) in [4.78, 5) is 32.8. The number of rotatable bonds is 7. The lowest BCUT2D eigenvalue weighted by molar-refractivity contribution is -0.137. The molecule has 0 bridgehead atoms. The first-order valence-corrected chi connectivity index (χ1v) is 7.78. The van der Waals surface area contributed by atoms with E-state index in [-0.39, 0.29) is 30.6 Å². The van der Waals surface area contributed by atoms with Gasteiger partial charge < -0.3 is 21.1 Å². The van der Waals surface area contributed by atoms with Crippen molar-refractivity contribution < 1.29 is 19.5 Å². The smallest absolute Gasteiger partial charge is 0.322 e. The number of unbranched alkanes of at least 4 members (excludes halogenated alkanes) is 1. The zero-order valence-electron chi connectivity index (χ0n) is 11.1. The summed E-state index contributed by atoms with van der Waals surface area (Å²) >= 11 is 1.85. The lowest BCUT2D eigenvalue weighted by Gasteiger charge is -2.16. The Bertz CT molecular complexity index is 404. The number of hydrogen-bond acceptors (Lipinski definition) is 4. The number of fused-ring (bicyclic) bond motifs is 1. The molecule has 4 N–H and O–H groups in total. The van der Waals surface area contributed by atoms with E-state index >= 15 is 0 Å². The summed E-state index contributed by atoms with van der Waals surface area (Å²) in [6.45, 7) is -0.321. The van der Waals surface area contributed by atoms with E-state index < -0.39 is 5.97 Å². The van der Waals surface area contributed by atoms with Gasteiger partial charge in [-0.1, -0.05) is 6.42 Å². The van der Waals surface area contributed by atoms with E-state index in [1.165, 1.54) is 0 Å². The monoisotopic (exact) mass is 301 g/mol. The molecule has 0 aliphatic carbocycles. The van der Waals surface area contributed by atoms with Crippen LogP contribution in [0.1, 0.15) is 25.7 Å². The van der Waals surface area contributed by atoms with Crippen molar-refractivity contribution >= 4 is 29.7 Å². The predicted molar refractivity (Wildman–Crippen MR) is 74.6 cm³/mol.